The summed E-state index contributed by atoms with van der Waals surface area (Å²) in [5.74, 6) is -0.581. The van der Waals surface area contributed by atoms with Crippen molar-refractivity contribution in [3.63, 3.8) is 0 Å². The largest absolute Gasteiger partial charge is 0.497 e. The van der Waals surface area contributed by atoms with Crippen molar-refractivity contribution in [1.29, 1.82) is 0 Å². The van der Waals surface area contributed by atoms with Gasteiger partial charge in [0, 0.05) is 5.39 Å². The lowest BCUT2D eigenvalue weighted by molar-refractivity contribution is 0.0730. The third-order valence-electron chi connectivity index (χ3n) is 4.82. The van der Waals surface area contributed by atoms with Crippen molar-refractivity contribution < 1.29 is 23.1 Å². The van der Waals surface area contributed by atoms with Crippen LogP contribution in [-0.2, 0) is 0 Å². The Labute approximate surface area is 171 Å². The highest BCUT2D eigenvalue weighted by atomic mass is 19.1. The van der Waals surface area contributed by atoms with Gasteiger partial charge in [-0.25, -0.2) is 14.0 Å². The van der Waals surface area contributed by atoms with Gasteiger partial charge in [-0.2, -0.15) is 0 Å². The minimum Gasteiger partial charge on any atom is -0.497 e. The molecule has 6 heteroatoms. The predicted molar refractivity (Wildman–Crippen MR) is 111 cm³/mol. The van der Waals surface area contributed by atoms with Gasteiger partial charge in [0.15, 0.2) is 0 Å². The Morgan fingerprint density at radius 2 is 1.67 bits per heavy atom. The van der Waals surface area contributed by atoms with Gasteiger partial charge in [0.1, 0.15) is 22.9 Å². The molecule has 0 N–H and O–H groups in total. The van der Waals surface area contributed by atoms with Crippen molar-refractivity contribution in [1.82, 2.24) is 0 Å². The van der Waals surface area contributed by atoms with Gasteiger partial charge in [-0.05, 0) is 60.5 Å². The zero-order valence-corrected chi connectivity index (χ0v) is 16.3. The average molecular weight is 404 g/mol. The number of halogens is 1. The summed E-state index contributed by atoms with van der Waals surface area (Å²) < 4.78 is 29.8. The van der Waals surface area contributed by atoms with Crippen LogP contribution < -0.4 is 15.1 Å². The molecule has 4 rings (SSSR count). The summed E-state index contributed by atoms with van der Waals surface area (Å²) in [5.41, 5.74) is 1.49. The van der Waals surface area contributed by atoms with Crippen LogP contribution in [0.3, 0.4) is 0 Å². The van der Waals surface area contributed by atoms with Crippen LogP contribution in [0.2, 0.25) is 0 Å². The summed E-state index contributed by atoms with van der Waals surface area (Å²) in [7, 11) is 1.56. The van der Waals surface area contributed by atoms with Gasteiger partial charge < -0.3 is 13.9 Å². The fourth-order valence-corrected chi connectivity index (χ4v) is 3.27. The van der Waals surface area contributed by atoms with Crippen LogP contribution in [-0.4, -0.2) is 13.1 Å². The summed E-state index contributed by atoms with van der Waals surface area (Å²) in [6.45, 7) is 1.79. The van der Waals surface area contributed by atoms with Crippen LogP contribution in [0.25, 0.3) is 22.1 Å². The van der Waals surface area contributed by atoms with Crippen molar-refractivity contribution in [2.45, 2.75) is 6.92 Å². The topological polar surface area (TPSA) is 65.7 Å². The summed E-state index contributed by atoms with van der Waals surface area (Å²) in [6.07, 6.45) is 0. The average Bonchev–Trinajstić information content (AvgIpc) is 2.75. The first-order chi connectivity index (χ1) is 14.5. The first-order valence-electron chi connectivity index (χ1n) is 9.16. The molecule has 0 atom stereocenters. The van der Waals surface area contributed by atoms with Gasteiger partial charge in [0.2, 0.25) is 0 Å². The minimum atomic E-state index is -0.808. The quantitative estimate of drug-likeness (QED) is 0.268. The molecule has 0 aliphatic rings. The van der Waals surface area contributed by atoms with E-state index in [9.17, 15) is 14.0 Å². The second-order valence-corrected chi connectivity index (χ2v) is 6.65. The molecule has 0 radical (unpaired) electrons. The molecule has 0 bridgehead atoms. The second-order valence-electron chi connectivity index (χ2n) is 6.65. The van der Waals surface area contributed by atoms with E-state index in [-0.39, 0.29) is 11.3 Å². The summed E-state index contributed by atoms with van der Waals surface area (Å²) >= 11 is 0. The van der Waals surface area contributed by atoms with E-state index in [2.05, 4.69) is 0 Å². The van der Waals surface area contributed by atoms with Gasteiger partial charge in [0.25, 0.3) is 0 Å². The van der Waals surface area contributed by atoms with Crippen LogP contribution in [0.5, 0.6) is 11.5 Å². The molecule has 1 heterocycles. The first-order valence-corrected chi connectivity index (χ1v) is 9.16. The maximum Gasteiger partial charge on any atom is 0.346 e. The van der Waals surface area contributed by atoms with E-state index in [0.717, 1.165) is 0 Å². The Bertz CT molecular complexity index is 1310. The summed E-state index contributed by atoms with van der Waals surface area (Å²) in [5, 5.41) is 0.610. The number of hydrogen-bond acceptors (Lipinski definition) is 5. The van der Waals surface area contributed by atoms with Crippen LogP contribution in [0.15, 0.2) is 75.9 Å². The molecule has 1 aromatic heterocycles. The third-order valence-corrected chi connectivity index (χ3v) is 4.82. The molecule has 0 spiro atoms. The molecule has 0 fully saturated rings. The maximum absolute atomic E-state index is 13.8. The van der Waals surface area contributed by atoms with Crippen molar-refractivity contribution in [3.8, 4) is 22.6 Å². The molecule has 0 saturated carbocycles. The van der Waals surface area contributed by atoms with Crippen molar-refractivity contribution in [2.24, 2.45) is 0 Å². The highest BCUT2D eigenvalue weighted by Crippen LogP contribution is 2.30. The molecule has 0 unspecified atom stereocenters. The molecule has 5 nitrogen and oxygen atoms in total. The minimum absolute atomic E-state index is 0.159. The molecule has 30 heavy (non-hydrogen) atoms. The lowest BCUT2D eigenvalue weighted by Crippen LogP contribution is -2.11. The van der Waals surface area contributed by atoms with Crippen molar-refractivity contribution in [3.05, 3.63) is 94.1 Å². The highest BCUT2D eigenvalue weighted by Gasteiger charge is 2.17. The Morgan fingerprint density at radius 1 is 0.967 bits per heavy atom. The van der Waals surface area contributed by atoms with E-state index >= 15 is 0 Å². The van der Waals surface area contributed by atoms with E-state index in [0.29, 0.717) is 33.4 Å². The van der Waals surface area contributed by atoms with E-state index in [1.54, 1.807) is 56.5 Å². The van der Waals surface area contributed by atoms with E-state index in [1.807, 2.05) is 0 Å². The fraction of sp³-hybridized carbons (Fsp3) is 0.0833. The number of fused-ring (bicyclic) bond motifs is 1. The van der Waals surface area contributed by atoms with Gasteiger partial charge >= 0.3 is 11.6 Å². The second kappa shape index (κ2) is 7.83. The molecule has 0 saturated heterocycles. The van der Waals surface area contributed by atoms with E-state index in [1.165, 1.54) is 24.3 Å². The van der Waals surface area contributed by atoms with Gasteiger partial charge in [-0.1, -0.05) is 24.3 Å². The van der Waals surface area contributed by atoms with Crippen LogP contribution in [0, 0.1) is 12.7 Å². The number of ether oxygens (including phenoxy) is 2. The van der Waals surface area contributed by atoms with Crippen LogP contribution >= 0.6 is 0 Å². The zero-order chi connectivity index (χ0) is 21.3. The van der Waals surface area contributed by atoms with Crippen LogP contribution in [0.4, 0.5) is 4.39 Å². The third kappa shape index (κ3) is 3.55. The molecular formula is C24H17FO5. The molecular weight excluding hydrogens is 387 g/mol. The Hall–Kier alpha value is -3.93. The number of aryl methyl sites for hydroxylation is 1. The van der Waals surface area contributed by atoms with Gasteiger partial charge in [-0.15, -0.1) is 0 Å². The molecule has 0 amide bonds. The maximum atomic E-state index is 13.8. The van der Waals surface area contributed by atoms with Crippen molar-refractivity contribution in [2.75, 3.05) is 7.11 Å². The van der Waals surface area contributed by atoms with Crippen LogP contribution in [0.1, 0.15) is 15.9 Å². The Morgan fingerprint density at radius 3 is 2.37 bits per heavy atom. The Balaban J connectivity index is 1.75. The molecule has 4 aromatic rings. The number of carbonyl (C=O) groups excluding carboxylic acids is 1. The summed E-state index contributed by atoms with van der Waals surface area (Å²) in [4.78, 5) is 24.9. The smallest absolute Gasteiger partial charge is 0.346 e. The first kappa shape index (κ1) is 19.4. The number of esters is 1. The standard InChI is InChI=1S/C24H17FO5/c1-14-19-13-17(29-23(26)18-5-3-4-6-20(18)25)11-12-21(19)30-24(27)22(14)15-7-9-16(28-2)10-8-15/h3-13H,1-2H3. The van der Waals surface area contributed by atoms with Gasteiger partial charge in [0.05, 0.1) is 18.2 Å². The van der Waals surface area contributed by atoms with Crippen molar-refractivity contribution >= 4 is 16.9 Å². The monoisotopic (exact) mass is 404 g/mol. The van der Waals surface area contributed by atoms with E-state index < -0.39 is 17.4 Å². The number of carbonyl (C=O) groups is 1. The highest BCUT2D eigenvalue weighted by molar-refractivity contribution is 5.93. The lowest BCUT2D eigenvalue weighted by atomic mass is 9.99. The molecule has 0 aliphatic heterocycles. The fourth-order valence-electron chi connectivity index (χ4n) is 3.27. The lowest BCUT2D eigenvalue weighted by Gasteiger charge is -2.10. The molecule has 0 aliphatic carbocycles. The zero-order valence-electron chi connectivity index (χ0n) is 16.3. The number of rotatable bonds is 4. The predicted octanol–water partition coefficient (Wildman–Crippen LogP) is 5.14. The number of hydrogen-bond donors (Lipinski definition) is 0. The normalized spacial score (nSPS) is 10.8. The van der Waals surface area contributed by atoms with E-state index in [4.69, 9.17) is 13.9 Å². The molecule has 150 valence electrons. The SMILES string of the molecule is COc1ccc(-c2c(C)c3cc(OC(=O)c4ccccc4F)ccc3oc2=O)cc1. The number of benzene rings is 3. The Kier molecular flexibility index (Phi) is 5.06. The summed E-state index contributed by atoms with van der Waals surface area (Å²) in [6, 6.07) is 17.3. The molecule has 3 aromatic carbocycles. The number of methoxy groups -OCH3 is 1. The van der Waals surface area contributed by atoms with Gasteiger partial charge in [-0.3, -0.25) is 0 Å².